The maximum absolute atomic E-state index is 12.4. The van der Waals surface area contributed by atoms with Crippen molar-refractivity contribution in [2.45, 2.75) is 55.3 Å². The highest BCUT2D eigenvalue weighted by Gasteiger charge is 2.50. The number of hydrogen-bond donors (Lipinski definition) is 6. The standard InChI is InChI=1S/C18H24O11/c19-6-10-12(22)13(23)15(28-17-14(24)11(21)9(20)7-26-17)18(27-10)29-16(25)8-4-2-1-3-5-8/h1-5,9-15,17-24H,6-7H2/t9-,10+,11+,12-,13-,14+,15-,17+,18-/m1/s1. The Kier molecular flexibility index (Phi) is 7.16. The number of esters is 1. The van der Waals surface area contributed by atoms with Crippen LogP contribution in [0.4, 0.5) is 0 Å². The smallest absolute Gasteiger partial charge is 0.340 e. The van der Waals surface area contributed by atoms with E-state index < -0.39 is 67.9 Å². The number of hydrogen-bond acceptors (Lipinski definition) is 11. The van der Waals surface area contributed by atoms with Gasteiger partial charge in [-0.05, 0) is 12.1 Å². The van der Waals surface area contributed by atoms with Gasteiger partial charge < -0.3 is 49.6 Å². The highest BCUT2D eigenvalue weighted by molar-refractivity contribution is 5.89. The molecule has 2 heterocycles. The molecule has 0 aromatic heterocycles. The van der Waals surface area contributed by atoms with Crippen LogP contribution in [0.1, 0.15) is 10.4 Å². The van der Waals surface area contributed by atoms with Gasteiger partial charge in [-0.1, -0.05) is 18.2 Å². The Hall–Kier alpha value is -1.67. The van der Waals surface area contributed by atoms with Gasteiger partial charge in [0, 0.05) is 0 Å². The van der Waals surface area contributed by atoms with Crippen molar-refractivity contribution in [3.8, 4) is 0 Å². The third-order valence-corrected chi connectivity index (χ3v) is 4.80. The number of carbonyl (C=O) groups is 1. The first kappa shape index (κ1) is 22.0. The van der Waals surface area contributed by atoms with Crippen LogP contribution in [0, 0.1) is 0 Å². The fourth-order valence-corrected chi connectivity index (χ4v) is 3.10. The normalized spacial score (nSPS) is 40.4. The summed E-state index contributed by atoms with van der Waals surface area (Å²) in [6.45, 7) is -1.03. The van der Waals surface area contributed by atoms with Crippen molar-refractivity contribution in [1.82, 2.24) is 0 Å². The molecule has 11 heteroatoms. The Morgan fingerprint density at radius 2 is 1.66 bits per heavy atom. The molecule has 0 radical (unpaired) electrons. The Morgan fingerprint density at radius 3 is 2.31 bits per heavy atom. The van der Waals surface area contributed by atoms with Gasteiger partial charge in [-0.25, -0.2) is 4.79 Å². The molecule has 3 rings (SSSR count). The second kappa shape index (κ2) is 9.43. The van der Waals surface area contributed by atoms with Crippen molar-refractivity contribution in [2.24, 2.45) is 0 Å². The maximum atomic E-state index is 12.4. The summed E-state index contributed by atoms with van der Waals surface area (Å²) in [4.78, 5) is 12.4. The molecule has 11 nitrogen and oxygen atoms in total. The highest BCUT2D eigenvalue weighted by Crippen LogP contribution is 2.28. The van der Waals surface area contributed by atoms with E-state index in [0.717, 1.165) is 0 Å². The average molecular weight is 416 g/mol. The number of benzene rings is 1. The van der Waals surface area contributed by atoms with E-state index in [1.165, 1.54) is 12.1 Å². The molecular formula is C18H24O11. The van der Waals surface area contributed by atoms with Gasteiger partial charge in [-0.2, -0.15) is 0 Å². The molecule has 0 bridgehead atoms. The largest absolute Gasteiger partial charge is 0.429 e. The van der Waals surface area contributed by atoms with E-state index in [2.05, 4.69) is 0 Å². The summed E-state index contributed by atoms with van der Waals surface area (Å²) in [5, 5.41) is 59.3. The summed E-state index contributed by atoms with van der Waals surface area (Å²) in [5.41, 5.74) is 0.184. The molecule has 6 N–H and O–H groups in total. The second-order valence-electron chi connectivity index (χ2n) is 6.83. The molecule has 0 aliphatic carbocycles. The first-order chi connectivity index (χ1) is 13.8. The first-order valence-corrected chi connectivity index (χ1v) is 9.03. The molecule has 1 aromatic rings. The van der Waals surface area contributed by atoms with Crippen LogP contribution >= 0.6 is 0 Å². The lowest BCUT2D eigenvalue weighted by atomic mass is 9.98. The Bertz CT molecular complexity index is 671. The van der Waals surface area contributed by atoms with Crippen molar-refractivity contribution >= 4 is 5.97 Å². The summed E-state index contributed by atoms with van der Waals surface area (Å²) in [6.07, 6.45) is -13.7. The molecule has 2 aliphatic heterocycles. The zero-order valence-corrected chi connectivity index (χ0v) is 15.2. The Balaban J connectivity index is 1.77. The molecule has 2 saturated heterocycles. The number of rotatable bonds is 5. The monoisotopic (exact) mass is 416 g/mol. The summed E-state index contributed by atoms with van der Waals surface area (Å²) in [5.74, 6) is -0.815. The van der Waals surface area contributed by atoms with E-state index in [9.17, 15) is 35.4 Å². The van der Waals surface area contributed by atoms with Crippen LogP contribution in [0.5, 0.6) is 0 Å². The van der Waals surface area contributed by atoms with E-state index >= 15 is 0 Å². The van der Waals surface area contributed by atoms with Crippen LogP contribution in [0.15, 0.2) is 30.3 Å². The van der Waals surface area contributed by atoms with Gasteiger partial charge in [0.15, 0.2) is 12.4 Å². The highest BCUT2D eigenvalue weighted by atomic mass is 16.8. The van der Waals surface area contributed by atoms with E-state index in [0.29, 0.717) is 0 Å². The van der Waals surface area contributed by atoms with Crippen LogP contribution in [0.25, 0.3) is 0 Å². The van der Waals surface area contributed by atoms with Gasteiger partial charge in [0.2, 0.25) is 6.29 Å². The molecular weight excluding hydrogens is 392 g/mol. The molecule has 2 aliphatic rings. The number of aliphatic hydroxyl groups excluding tert-OH is 6. The fraction of sp³-hybridized carbons (Fsp3) is 0.611. The number of aliphatic hydroxyl groups is 6. The molecule has 9 atom stereocenters. The summed E-state index contributed by atoms with van der Waals surface area (Å²) >= 11 is 0. The minimum absolute atomic E-state index is 0.184. The van der Waals surface area contributed by atoms with Gasteiger partial charge in [0.1, 0.15) is 36.6 Å². The van der Waals surface area contributed by atoms with E-state index in [-0.39, 0.29) is 12.2 Å². The van der Waals surface area contributed by atoms with Crippen molar-refractivity contribution in [1.29, 1.82) is 0 Å². The first-order valence-electron chi connectivity index (χ1n) is 9.03. The van der Waals surface area contributed by atoms with Crippen LogP contribution in [-0.2, 0) is 18.9 Å². The summed E-state index contributed by atoms with van der Waals surface area (Å²) in [6, 6.07) is 7.90. The maximum Gasteiger partial charge on any atom is 0.340 e. The quantitative estimate of drug-likeness (QED) is 0.272. The van der Waals surface area contributed by atoms with E-state index in [1.807, 2.05) is 0 Å². The lowest BCUT2D eigenvalue weighted by molar-refractivity contribution is -0.348. The Morgan fingerprint density at radius 1 is 0.966 bits per heavy atom. The van der Waals surface area contributed by atoms with Crippen molar-refractivity contribution in [3.63, 3.8) is 0 Å². The fourth-order valence-electron chi connectivity index (χ4n) is 3.10. The summed E-state index contributed by atoms with van der Waals surface area (Å²) < 4.78 is 21.2. The van der Waals surface area contributed by atoms with E-state index in [4.69, 9.17) is 18.9 Å². The van der Waals surface area contributed by atoms with Gasteiger partial charge >= 0.3 is 5.97 Å². The molecule has 0 unspecified atom stereocenters. The molecule has 1 aromatic carbocycles. The third kappa shape index (κ3) is 4.74. The van der Waals surface area contributed by atoms with Crippen molar-refractivity contribution < 1.29 is 54.4 Å². The molecule has 2 fully saturated rings. The lowest BCUT2D eigenvalue weighted by Gasteiger charge is -2.44. The van der Waals surface area contributed by atoms with Crippen molar-refractivity contribution in [2.75, 3.05) is 13.2 Å². The minimum Gasteiger partial charge on any atom is -0.429 e. The molecule has 29 heavy (non-hydrogen) atoms. The zero-order valence-electron chi connectivity index (χ0n) is 15.2. The topological polar surface area (TPSA) is 175 Å². The van der Waals surface area contributed by atoms with Gasteiger partial charge in [-0.3, -0.25) is 0 Å². The number of ether oxygens (including phenoxy) is 4. The third-order valence-electron chi connectivity index (χ3n) is 4.80. The molecule has 0 spiro atoms. The van der Waals surface area contributed by atoms with Gasteiger partial charge in [-0.15, -0.1) is 0 Å². The Labute approximate surface area is 165 Å². The van der Waals surface area contributed by atoms with Crippen LogP contribution in [-0.4, -0.2) is 105 Å². The second-order valence-corrected chi connectivity index (χ2v) is 6.83. The van der Waals surface area contributed by atoms with Gasteiger partial charge in [0.25, 0.3) is 0 Å². The lowest BCUT2D eigenvalue weighted by Crippen LogP contribution is -2.63. The van der Waals surface area contributed by atoms with Gasteiger partial charge in [0.05, 0.1) is 18.8 Å². The van der Waals surface area contributed by atoms with Crippen LogP contribution in [0.2, 0.25) is 0 Å². The van der Waals surface area contributed by atoms with Crippen LogP contribution in [0.3, 0.4) is 0 Å². The minimum atomic E-state index is -1.69. The molecule has 0 amide bonds. The molecule has 0 saturated carbocycles. The predicted molar refractivity (Wildman–Crippen MR) is 92.3 cm³/mol. The zero-order chi connectivity index (χ0) is 21.1. The summed E-state index contributed by atoms with van der Waals surface area (Å²) in [7, 11) is 0. The van der Waals surface area contributed by atoms with E-state index in [1.54, 1.807) is 18.2 Å². The van der Waals surface area contributed by atoms with Crippen molar-refractivity contribution in [3.05, 3.63) is 35.9 Å². The van der Waals surface area contributed by atoms with Crippen LogP contribution < -0.4 is 0 Å². The average Bonchev–Trinajstić information content (AvgIpc) is 2.73. The predicted octanol–water partition coefficient (Wildman–Crippen LogP) is -2.89. The molecule has 162 valence electrons. The number of carbonyl (C=O) groups excluding carboxylic acids is 1. The SMILES string of the molecule is O=C(O[C@H]1O[C@@H](CO)[C@@H](O)[C@@H](O)[C@H]1O[C@@H]1OC[C@@H](O)[C@H](O)[C@@H]1O)c1ccccc1.